The molecule has 146 valence electrons. The Morgan fingerprint density at radius 1 is 1.36 bits per heavy atom. The number of pyridine rings is 1. The summed E-state index contributed by atoms with van der Waals surface area (Å²) in [7, 11) is 1.39. The van der Waals surface area contributed by atoms with Gasteiger partial charge in [-0.25, -0.2) is 10.5 Å². The highest BCUT2D eigenvalue weighted by atomic mass is 35.5. The van der Waals surface area contributed by atoms with E-state index < -0.39 is 5.95 Å². The summed E-state index contributed by atoms with van der Waals surface area (Å²) >= 11 is 6.39. The summed E-state index contributed by atoms with van der Waals surface area (Å²) in [6.45, 7) is 0.358. The quantitative estimate of drug-likeness (QED) is 0.355. The maximum Gasteiger partial charge on any atom is 0.255 e. The SMILES string of the molecule is COc1ccc(-c2cc3[nH]c(CCONC(=O)C4CC4)cc3cc2Cl)nc1F. The minimum Gasteiger partial charge on any atom is -0.492 e. The highest BCUT2D eigenvalue weighted by Gasteiger charge is 2.29. The van der Waals surface area contributed by atoms with E-state index >= 15 is 0 Å². The largest absolute Gasteiger partial charge is 0.492 e. The molecule has 6 nitrogen and oxygen atoms in total. The monoisotopic (exact) mass is 403 g/mol. The van der Waals surface area contributed by atoms with Crippen molar-refractivity contribution in [1.82, 2.24) is 15.4 Å². The number of nitrogens with one attached hydrogen (secondary N) is 2. The number of aromatic nitrogens is 2. The second-order valence-electron chi connectivity index (χ2n) is 6.74. The Labute approximate surface area is 166 Å². The second kappa shape index (κ2) is 7.77. The summed E-state index contributed by atoms with van der Waals surface area (Å²) in [5, 5.41) is 1.41. The number of amides is 1. The summed E-state index contributed by atoms with van der Waals surface area (Å²) < 4.78 is 18.8. The van der Waals surface area contributed by atoms with Gasteiger partial charge < -0.3 is 9.72 Å². The van der Waals surface area contributed by atoms with Gasteiger partial charge in [-0.05, 0) is 43.2 Å². The topological polar surface area (TPSA) is 76.2 Å². The van der Waals surface area contributed by atoms with Crippen LogP contribution < -0.4 is 10.2 Å². The van der Waals surface area contributed by atoms with Crippen LogP contribution in [0.1, 0.15) is 18.5 Å². The smallest absolute Gasteiger partial charge is 0.255 e. The van der Waals surface area contributed by atoms with Gasteiger partial charge in [-0.2, -0.15) is 4.39 Å². The molecule has 1 aliphatic carbocycles. The number of fused-ring (bicyclic) bond motifs is 1. The van der Waals surface area contributed by atoms with Gasteiger partial charge in [0.2, 0.25) is 5.91 Å². The van der Waals surface area contributed by atoms with Gasteiger partial charge in [-0.1, -0.05) is 11.6 Å². The fourth-order valence-corrected chi connectivity index (χ4v) is 3.25. The molecule has 2 N–H and O–H groups in total. The zero-order valence-electron chi connectivity index (χ0n) is 15.2. The van der Waals surface area contributed by atoms with Crippen molar-refractivity contribution in [2.24, 2.45) is 5.92 Å². The normalized spacial score (nSPS) is 13.7. The average Bonchev–Trinajstić information content (AvgIpc) is 3.45. The molecule has 2 heterocycles. The van der Waals surface area contributed by atoms with Crippen molar-refractivity contribution >= 4 is 28.4 Å². The van der Waals surface area contributed by atoms with Crippen LogP contribution in [-0.4, -0.2) is 29.6 Å². The second-order valence-corrected chi connectivity index (χ2v) is 7.15. The lowest BCUT2D eigenvalue weighted by molar-refractivity contribution is -0.134. The van der Waals surface area contributed by atoms with Crippen molar-refractivity contribution in [3.63, 3.8) is 0 Å². The predicted molar refractivity (Wildman–Crippen MR) is 104 cm³/mol. The van der Waals surface area contributed by atoms with Crippen LogP contribution in [0.4, 0.5) is 4.39 Å². The van der Waals surface area contributed by atoms with E-state index in [-0.39, 0.29) is 17.6 Å². The van der Waals surface area contributed by atoms with Crippen LogP contribution in [0.2, 0.25) is 5.02 Å². The van der Waals surface area contributed by atoms with Crippen LogP contribution in [0.25, 0.3) is 22.2 Å². The highest BCUT2D eigenvalue weighted by molar-refractivity contribution is 6.34. The molecule has 28 heavy (non-hydrogen) atoms. The van der Waals surface area contributed by atoms with Gasteiger partial charge in [0.25, 0.3) is 5.95 Å². The number of methoxy groups -OCH3 is 1. The third kappa shape index (κ3) is 3.95. The molecule has 0 bridgehead atoms. The van der Waals surface area contributed by atoms with Crippen LogP contribution in [0, 0.1) is 11.9 Å². The number of ether oxygens (including phenoxy) is 1. The number of benzene rings is 1. The van der Waals surface area contributed by atoms with Crippen molar-refractivity contribution in [3.05, 3.63) is 47.0 Å². The molecule has 0 aliphatic heterocycles. The lowest BCUT2D eigenvalue weighted by Crippen LogP contribution is -2.26. The molecular weight excluding hydrogens is 385 g/mol. The van der Waals surface area contributed by atoms with Crippen LogP contribution in [0.15, 0.2) is 30.3 Å². The lowest BCUT2D eigenvalue weighted by Gasteiger charge is -2.06. The van der Waals surface area contributed by atoms with Crippen LogP contribution in [0.5, 0.6) is 5.75 Å². The minimum absolute atomic E-state index is 0.0488. The first-order valence-electron chi connectivity index (χ1n) is 8.99. The third-order valence-corrected chi connectivity index (χ3v) is 4.98. The number of hydroxylamine groups is 1. The first kappa shape index (κ1) is 18.7. The standard InChI is InChI=1S/C20H19ClFN3O3/c1-27-18-5-4-16(24-19(18)22)14-10-17-12(9-15(14)21)8-13(23-17)6-7-28-25-20(26)11-2-3-11/h4-5,8-11,23H,2-3,6-7H2,1H3,(H,25,26). The van der Waals surface area contributed by atoms with Gasteiger partial charge in [0, 0.05) is 34.5 Å². The van der Waals surface area contributed by atoms with Crippen molar-refractivity contribution in [1.29, 1.82) is 0 Å². The molecule has 1 saturated carbocycles. The number of halogens is 2. The molecule has 0 unspecified atom stereocenters. The summed E-state index contributed by atoms with van der Waals surface area (Å²) in [4.78, 5) is 24.0. The Hall–Kier alpha value is -2.64. The van der Waals surface area contributed by atoms with Crippen LogP contribution >= 0.6 is 11.6 Å². The van der Waals surface area contributed by atoms with E-state index in [1.807, 2.05) is 18.2 Å². The number of carbonyl (C=O) groups excluding carboxylic acids is 1. The zero-order valence-corrected chi connectivity index (χ0v) is 16.0. The van der Waals surface area contributed by atoms with E-state index in [2.05, 4.69) is 15.4 Å². The first-order chi connectivity index (χ1) is 13.5. The van der Waals surface area contributed by atoms with E-state index in [0.29, 0.717) is 29.3 Å². The molecule has 3 aromatic rings. The van der Waals surface area contributed by atoms with Gasteiger partial charge in [0.05, 0.1) is 24.4 Å². The predicted octanol–water partition coefficient (Wildman–Crippen LogP) is 4.03. The van der Waals surface area contributed by atoms with Crippen LogP contribution in [0.3, 0.4) is 0 Å². The van der Waals surface area contributed by atoms with Crippen molar-refractivity contribution in [2.45, 2.75) is 19.3 Å². The maximum absolute atomic E-state index is 13.9. The number of aromatic amines is 1. The van der Waals surface area contributed by atoms with Crippen molar-refractivity contribution in [3.8, 4) is 17.0 Å². The fourth-order valence-electron chi connectivity index (χ4n) is 2.98. The molecule has 0 atom stereocenters. The van der Waals surface area contributed by atoms with Crippen LogP contribution in [-0.2, 0) is 16.1 Å². The Balaban J connectivity index is 1.48. The van der Waals surface area contributed by atoms with Gasteiger partial charge >= 0.3 is 0 Å². The number of hydrogen-bond donors (Lipinski definition) is 2. The number of rotatable bonds is 7. The van der Waals surface area contributed by atoms with Gasteiger partial charge in [0.1, 0.15) is 0 Å². The average molecular weight is 404 g/mol. The molecular formula is C20H19ClFN3O3. The fraction of sp³-hybridized carbons (Fsp3) is 0.300. The molecule has 1 aliphatic rings. The minimum atomic E-state index is -0.686. The van der Waals surface area contributed by atoms with E-state index in [9.17, 15) is 9.18 Å². The molecule has 0 saturated heterocycles. The summed E-state index contributed by atoms with van der Waals surface area (Å²) in [5.41, 5.74) is 5.32. The van der Waals surface area contributed by atoms with Gasteiger partial charge in [0.15, 0.2) is 5.75 Å². The Morgan fingerprint density at radius 3 is 2.89 bits per heavy atom. The molecule has 1 aromatic carbocycles. The molecule has 2 aromatic heterocycles. The summed E-state index contributed by atoms with van der Waals surface area (Å²) in [6, 6.07) is 8.80. The van der Waals surface area contributed by atoms with E-state index in [1.165, 1.54) is 13.2 Å². The highest BCUT2D eigenvalue weighted by Crippen LogP contribution is 2.33. The summed E-state index contributed by atoms with van der Waals surface area (Å²) in [6.07, 6.45) is 2.47. The Kier molecular flexibility index (Phi) is 5.19. The zero-order chi connectivity index (χ0) is 19.7. The van der Waals surface area contributed by atoms with E-state index in [4.69, 9.17) is 21.2 Å². The third-order valence-electron chi connectivity index (χ3n) is 4.67. The number of nitrogens with zero attached hydrogens (tertiary/aromatic N) is 1. The van der Waals surface area contributed by atoms with Gasteiger partial charge in [-0.15, -0.1) is 0 Å². The molecule has 1 fully saturated rings. The van der Waals surface area contributed by atoms with E-state index in [0.717, 1.165) is 29.4 Å². The van der Waals surface area contributed by atoms with Gasteiger partial charge in [-0.3, -0.25) is 9.63 Å². The molecule has 0 radical (unpaired) electrons. The molecule has 8 heteroatoms. The van der Waals surface area contributed by atoms with Crippen molar-refractivity contribution < 1.29 is 18.8 Å². The first-order valence-corrected chi connectivity index (χ1v) is 9.36. The maximum atomic E-state index is 13.9. The molecule has 4 rings (SSSR count). The molecule has 1 amide bonds. The summed E-state index contributed by atoms with van der Waals surface area (Å²) in [5.74, 6) is -0.539. The Morgan fingerprint density at radius 2 is 2.18 bits per heavy atom. The van der Waals surface area contributed by atoms with Crippen molar-refractivity contribution in [2.75, 3.05) is 13.7 Å². The lowest BCUT2D eigenvalue weighted by atomic mass is 10.1. The number of carbonyl (C=O) groups is 1. The van der Waals surface area contributed by atoms with E-state index in [1.54, 1.807) is 6.07 Å². The Bertz CT molecular complexity index is 1030. The number of hydrogen-bond acceptors (Lipinski definition) is 4. The number of H-pyrrole nitrogens is 1. The molecule has 0 spiro atoms.